The Morgan fingerprint density at radius 3 is 2.52 bits per heavy atom. The van der Waals surface area contributed by atoms with E-state index < -0.39 is 0 Å². The lowest BCUT2D eigenvalue weighted by atomic mass is 10.1. The SMILES string of the molecule is COc1cccc(CCNC(=O)CN(C(C)=O)c2cc(C)ccc2OC)c1. The van der Waals surface area contributed by atoms with E-state index in [0.717, 1.165) is 16.9 Å². The van der Waals surface area contributed by atoms with Crippen LogP contribution in [0, 0.1) is 6.92 Å². The summed E-state index contributed by atoms with van der Waals surface area (Å²) in [5, 5.41) is 2.86. The van der Waals surface area contributed by atoms with E-state index in [4.69, 9.17) is 9.47 Å². The molecule has 0 aromatic heterocycles. The second-order valence-electron chi connectivity index (χ2n) is 6.23. The van der Waals surface area contributed by atoms with Gasteiger partial charge in [-0.25, -0.2) is 0 Å². The summed E-state index contributed by atoms with van der Waals surface area (Å²) in [5.41, 5.74) is 2.64. The van der Waals surface area contributed by atoms with Gasteiger partial charge in [0.15, 0.2) is 0 Å². The van der Waals surface area contributed by atoms with Gasteiger partial charge in [-0.1, -0.05) is 18.2 Å². The number of anilines is 1. The van der Waals surface area contributed by atoms with Gasteiger partial charge in [-0.2, -0.15) is 0 Å². The Bertz CT molecular complexity index is 805. The van der Waals surface area contributed by atoms with Gasteiger partial charge in [0.2, 0.25) is 11.8 Å². The summed E-state index contributed by atoms with van der Waals surface area (Å²) in [7, 11) is 3.16. The van der Waals surface area contributed by atoms with Gasteiger partial charge < -0.3 is 14.8 Å². The third-order valence-electron chi connectivity index (χ3n) is 4.18. The predicted octanol–water partition coefficient (Wildman–Crippen LogP) is 2.72. The first-order valence-electron chi connectivity index (χ1n) is 8.77. The van der Waals surface area contributed by atoms with Crippen molar-refractivity contribution in [3.8, 4) is 11.5 Å². The number of carbonyl (C=O) groups is 2. The number of benzene rings is 2. The molecule has 0 unspecified atom stereocenters. The molecular formula is C21H26N2O4. The van der Waals surface area contributed by atoms with Crippen molar-refractivity contribution in [1.82, 2.24) is 5.32 Å². The zero-order valence-electron chi connectivity index (χ0n) is 16.2. The van der Waals surface area contributed by atoms with Crippen molar-refractivity contribution in [2.75, 3.05) is 32.2 Å². The van der Waals surface area contributed by atoms with E-state index in [0.29, 0.717) is 24.4 Å². The highest BCUT2D eigenvalue weighted by molar-refractivity contribution is 5.98. The summed E-state index contributed by atoms with van der Waals surface area (Å²) in [5.74, 6) is 0.895. The van der Waals surface area contributed by atoms with Crippen LogP contribution in [0.1, 0.15) is 18.1 Å². The van der Waals surface area contributed by atoms with Gasteiger partial charge in [-0.05, 0) is 48.7 Å². The van der Waals surface area contributed by atoms with Gasteiger partial charge in [0, 0.05) is 13.5 Å². The number of amides is 2. The van der Waals surface area contributed by atoms with Crippen LogP contribution < -0.4 is 19.7 Å². The van der Waals surface area contributed by atoms with E-state index in [1.54, 1.807) is 20.3 Å². The summed E-state index contributed by atoms with van der Waals surface area (Å²) in [6.07, 6.45) is 0.677. The number of methoxy groups -OCH3 is 2. The fourth-order valence-corrected chi connectivity index (χ4v) is 2.75. The first-order chi connectivity index (χ1) is 12.9. The molecule has 0 aliphatic rings. The molecule has 0 aliphatic carbocycles. The van der Waals surface area contributed by atoms with Crippen LogP contribution >= 0.6 is 0 Å². The Kier molecular flexibility index (Phi) is 7.23. The largest absolute Gasteiger partial charge is 0.497 e. The lowest BCUT2D eigenvalue weighted by Gasteiger charge is -2.23. The highest BCUT2D eigenvalue weighted by Crippen LogP contribution is 2.29. The van der Waals surface area contributed by atoms with Crippen molar-refractivity contribution in [1.29, 1.82) is 0 Å². The van der Waals surface area contributed by atoms with Crippen LogP contribution in [0.3, 0.4) is 0 Å². The van der Waals surface area contributed by atoms with E-state index >= 15 is 0 Å². The summed E-state index contributed by atoms with van der Waals surface area (Å²) < 4.78 is 10.5. The Morgan fingerprint density at radius 2 is 1.85 bits per heavy atom. The van der Waals surface area contributed by atoms with Crippen molar-refractivity contribution < 1.29 is 19.1 Å². The zero-order chi connectivity index (χ0) is 19.8. The van der Waals surface area contributed by atoms with Crippen LogP contribution in [0.15, 0.2) is 42.5 Å². The lowest BCUT2D eigenvalue weighted by Crippen LogP contribution is -2.40. The molecule has 0 bridgehead atoms. The maximum atomic E-state index is 12.4. The fourth-order valence-electron chi connectivity index (χ4n) is 2.75. The third kappa shape index (κ3) is 5.74. The monoisotopic (exact) mass is 370 g/mol. The minimum atomic E-state index is -0.225. The maximum absolute atomic E-state index is 12.4. The van der Waals surface area contributed by atoms with Gasteiger partial charge >= 0.3 is 0 Å². The molecule has 144 valence electrons. The van der Waals surface area contributed by atoms with Gasteiger partial charge in [0.05, 0.1) is 19.9 Å². The molecule has 0 radical (unpaired) electrons. The summed E-state index contributed by atoms with van der Waals surface area (Å²) in [6.45, 7) is 3.77. The number of ether oxygens (including phenoxy) is 2. The Balaban J connectivity index is 1.99. The van der Waals surface area contributed by atoms with Gasteiger partial charge in [0.1, 0.15) is 18.0 Å². The van der Waals surface area contributed by atoms with E-state index in [9.17, 15) is 9.59 Å². The molecule has 0 saturated carbocycles. The molecule has 6 nitrogen and oxygen atoms in total. The quantitative estimate of drug-likeness (QED) is 0.776. The number of carbonyl (C=O) groups excluding carboxylic acids is 2. The van der Waals surface area contributed by atoms with Crippen molar-refractivity contribution in [2.45, 2.75) is 20.3 Å². The molecular weight excluding hydrogens is 344 g/mol. The molecule has 2 rings (SSSR count). The third-order valence-corrected chi connectivity index (χ3v) is 4.18. The molecule has 2 aromatic carbocycles. The maximum Gasteiger partial charge on any atom is 0.240 e. The summed E-state index contributed by atoms with van der Waals surface area (Å²) >= 11 is 0. The molecule has 0 spiro atoms. The highest BCUT2D eigenvalue weighted by atomic mass is 16.5. The van der Waals surface area contributed by atoms with E-state index in [1.807, 2.05) is 43.3 Å². The Morgan fingerprint density at radius 1 is 1.07 bits per heavy atom. The molecule has 27 heavy (non-hydrogen) atoms. The molecule has 0 aliphatic heterocycles. The second kappa shape index (κ2) is 9.62. The average molecular weight is 370 g/mol. The van der Waals surface area contributed by atoms with Crippen molar-refractivity contribution in [2.24, 2.45) is 0 Å². The molecule has 2 aromatic rings. The van der Waals surface area contributed by atoms with E-state index in [2.05, 4.69) is 5.32 Å². The number of hydrogen-bond acceptors (Lipinski definition) is 4. The number of aryl methyl sites for hydroxylation is 1. The van der Waals surface area contributed by atoms with Crippen LogP contribution in [-0.4, -0.2) is 39.1 Å². The van der Waals surface area contributed by atoms with Gasteiger partial charge in [-0.15, -0.1) is 0 Å². The normalized spacial score (nSPS) is 10.2. The minimum Gasteiger partial charge on any atom is -0.497 e. The van der Waals surface area contributed by atoms with E-state index in [-0.39, 0.29) is 18.4 Å². The van der Waals surface area contributed by atoms with Crippen LogP contribution in [0.25, 0.3) is 0 Å². The van der Waals surface area contributed by atoms with Crippen LogP contribution in [0.5, 0.6) is 11.5 Å². The van der Waals surface area contributed by atoms with Crippen LogP contribution in [0.4, 0.5) is 5.69 Å². The number of nitrogens with one attached hydrogen (secondary N) is 1. The van der Waals surface area contributed by atoms with E-state index in [1.165, 1.54) is 11.8 Å². The Labute approximate surface area is 160 Å². The molecule has 2 amide bonds. The number of rotatable bonds is 8. The second-order valence-corrected chi connectivity index (χ2v) is 6.23. The summed E-state index contributed by atoms with van der Waals surface area (Å²) in [6, 6.07) is 13.2. The molecule has 6 heteroatoms. The molecule has 1 N–H and O–H groups in total. The minimum absolute atomic E-state index is 0.0622. The Hall–Kier alpha value is -3.02. The number of nitrogens with zero attached hydrogens (tertiary/aromatic N) is 1. The lowest BCUT2D eigenvalue weighted by molar-refractivity contribution is -0.123. The fraction of sp³-hybridized carbons (Fsp3) is 0.333. The predicted molar refractivity (Wildman–Crippen MR) is 105 cm³/mol. The molecule has 0 saturated heterocycles. The van der Waals surface area contributed by atoms with Crippen LogP contribution in [-0.2, 0) is 16.0 Å². The van der Waals surface area contributed by atoms with Crippen molar-refractivity contribution in [3.63, 3.8) is 0 Å². The zero-order valence-corrected chi connectivity index (χ0v) is 16.2. The standard InChI is InChI=1S/C21H26N2O4/c1-15-8-9-20(27-4)19(12-15)23(16(2)24)14-21(25)22-11-10-17-6-5-7-18(13-17)26-3/h5-9,12-13H,10-11,14H2,1-4H3,(H,22,25). The van der Waals surface area contributed by atoms with Crippen LogP contribution in [0.2, 0.25) is 0 Å². The first-order valence-corrected chi connectivity index (χ1v) is 8.77. The smallest absolute Gasteiger partial charge is 0.240 e. The van der Waals surface area contributed by atoms with Gasteiger partial charge in [-0.3, -0.25) is 14.5 Å². The molecule has 0 heterocycles. The highest BCUT2D eigenvalue weighted by Gasteiger charge is 2.19. The number of hydrogen-bond donors (Lipinski definition) is 1. The average Bonchev–Trinajstić information content (AvgIpc) is 2.66. The molecule has 0 atom stereocenters. The first kappa shape index (κ1) is 20.3. The molecule has 0 fully saturated rings. The van der Waals surface area contributed by atoms with Crippen molar-refractivity contribution >= 4 is 17.5 Å². The summed E-state index contributed by atoms with van der Waals surface area (Å²) in [4.78, 5) is 25.9. The van der Waals surface area contributed by atoms with Gasteiger partial charge in [0.25, 0.3) is 0 Å². The topological polar surface area (TPSA) is 67.9 Å². The van der Waals surface area contributed by atoms with Crippen molar-refractivity contribution in [3.05, 3.63) is 53.6 Å².